The molecule has 0 bridgehead atoms. The van der Waals surface area contributed by atoms with Gasteiger partial charge in [0.2, 0.25) is 0 Å². The van der Waals surface area contributed by atoms with E-state index in [9.17, 15) is 0 Å². The molecule has 0 fully saturated rings. The number of benzene rings is 6. The van der Waals surface area contributed by atoms with Crippen LogP contribution in [0.15, 0.2) is 152 Å². The van der Waals surface area contributed by atoms with Gasteiger partial charge in [0.25, 0.3) is 0 Å². The van der Waals surface area contributed by atoms with Gasteiger partial charge in [-0.2, -0.15) is 0 Å². The van der Waals surface area contributed by atoms with Crippen LogP contribution in [0.5, 0.6) is 0 Å². The molecule has 42 heavy (non-hydrogen) atoms. The molecule has 0 unspecified atom stereocenters. The van der Waals surface area contributed by atoms with Crippen LogP contribution in [-0.4, -0.2) is 4.98 Å². The molecule has 0 aliphatic rings. The summed E-state index contributed by atoms with van der Waals surface area (Å²) in [6.07, 6.45) is 0. The zero-order valence-electron chi connectivity index (χ0n) is 23.9. The van der Waals surface area contributed by atoms with Crippen LogP contribution < -0.4 is 0 Å². The Morgan fingerprint density at radius 2 is 0.833 bits per heavy atom. The molecule has 1 nitrogen and oxygen atoms in total. The SMILES string of the molecule is Cc1cc(C)cc(-c2cc(-c3cc(-c4ccccc4)nc(-c4ccccc4)c3)cc(-c3cccc4ccccc34)c2)c1. The van der Waals surface area contributed by atoms with Gasteiger partial charge in [0.15, 0.2) is 0 Å². The lowest BCUT2D eigenvalue weighted by Crippen LogP contribution is -1.93. The van der Waals surface area contributed by atoms with E-state index in [4.69, 9.17) is 4.98 Å². The zero-order chi connectivity index (χ0) is 28.5. The van der Waals surface area contributed by atoms with E-state index in [0.29, 0.717) is 0 Å². The number of aryl methyl sites for hydroxylation is 2. The van der Waals surface area contributed by atoms with Crippen molar-refractivity contribution in [1.82, 2.24) is 4.98 Å². The van der Waals surface area contributed by atoms with Gasteiger partial charge < -0.3 is 0 Å². The third kappa shape index (κ3) is 5.13. The van der Waals surface area contributed by atoms with Gasteiger partial charge in [-0.05, 0) is 88.3 Å². The average molecular weight is 538 g/mol. The van der Waals surface area contributed by atoms with Crippen LogP contribution in [0.25, 0.3) is 66.7 Å². The monoisotopic (exact) mass is 537 g/mol. The number of pyridine rings is 1. The molecule has 0 radical (unpaired) electrons. The molecular weight excluding hydrogens is 506 g/mol. The van der Waals surface area contributed by atoms with Gasteiger partial charge in [0.05, 0.1) is 11.4 Å². The third-order valence-electron chi connectivity index (χ3n) is 7.89. The standard InChI is InChI=1S/C41H31N/c1-28-20-29(2)22-33(21-28)34-23-35(25-37(24-34)39-19-11-17-30-12-9-10-18-38(30)39)36-26-40(31-13-5-3-6-14-31)42-41(27-36)32-15-7-4-8-16-32/h3-27H,1-2H3. The van der Waals surface area contributed by atoms with Crippen LogP contribution in [0.4, 0.5) is 0 Å². The summed E-state index contributed by atoms with van der Waals surface area (Å²) in [5.74, 6) is 0. The summed E-state index contributed by atoms with van der Waals surface area (Å²) in [6, 6.07) is 54.5. The quantitative estimate of drug-likeness (QED) is 0.213. The molecule has 1 heteroatoms. The van der Waals surface area contributed by atoms with Crippen molar-refractivity contribution in [3.8, 4) is 55.9 Å². The minimum absolute atomic E-state index is 0.968. The van der Waals surface area contributed by atoms with Crippen LogP contribution >= 0.6 is 0 Å². The Morgan fingerprint density at radius 3 is 1.45 bits per heavy atom. The predicted octanol–water partition coefficient (Wildman–Crippen LogP) is 11.2. The lowest BCUT2D eigenvalue weighted by Gasteiger charge is -2.15. The van der Waals surface area contributed by atoms with Crippen molar-refractivity contribution in [3.63, 3.8) is 0 Å². The zero-order valence-corrected chi connectivity index (χ0v) is 23.9. The minimum atomic E-state index is 0.968. The first kappa shape index (κ1) is 25.7. The van der Waals surface area contributed by atoms with Crippen molar-refractivity contribution in [1.29, 1.82) is 0 Å². The highest BCUT2D eigenvalue weighted by Gasteiger charge is 2.13. The Kier molecular flexibility index (Phi) is 6.70. The first-order valence-electron chi connectivity index (χ1n) is 14.5. The molecule has 0 saturated carbocycles. The topological polar surface area (TPSA) is 12.9 Å². The fourth-order valence-corrected chi connectivity index (χ4v) is 5.95. The second-order valence-corrected chi connectivity index (χ2v) is 11.1. The highest BCUT2D eigenvalue weighted by atomic mass is 14.7. The highest BCUT2D eigenvalue weighted by molar-refractivity contribution is 5.98. The maximum Gasteiger partial charge on any atom is 0.0715 e. The van der Waals surface area contributed by atoms with Crippen molar-refractivity contribution in [2.75, 3.05) is 0 Å². The maximum absolute atomic E-state index is 5.12. The second kappa shape index (κ2) is 11.0. The summed E-state index contributed by atoms with van der Waals surface area (Å²) >= 11 is 0. The van der Waals surface area contributed by atoms with E-state index >= 15 is 0 Å². The molecule has 200 valence electrons. The molecule has 0 spiro atoms. The molecule has 0 saturated heterocycles. The molecule has 0 atom stereocenters. The fraction of sp³-hybridized carbons (Fsp3) is 0.0488. The van der Waals surface area contributed by atoms with Gasteiger partial charge in [0.1, 0.15) is 0 Å². The highest BCUT2D eigenvalue weighted by Crippen LogP contribution is 2.38. The number of hydrogen-bond donors (Lipinski definition) is 0. The third-order valence-corrected chi connectivity index (χ3v) is 7.89. The molecule has 0 N–H and O–H groups in total. The molecule has 7 rings (SSSR count). The van der Waals surface area contributed by atoms with Crippen LogP contribution in [0, 0.1) is 13.8 Å². The summed E-state index contributed by atoms with van der Waals surface area (Å²) in [5, 5.41) is 2.50. The van der Waals surface area contributed by atoms with E-state index in [1.807, 2.05) is 0 Å². The van der Waals surface area contributed by atoms with E-state index in [1.165, 1.54) is 49.7 Å². The summed E-state index contributed by atoms with van der Waals surface area (Å²) < 4.78 is 0. The largest absolute Gasteiger partial charge is 0.248 e. The lowest BCUT2D eigenvalue weighted by molar-refractivity contribution is 1.32. The van der Waals surface area contributed by atoms with E-state index in [2.05, 4.69) is 166 Å². The summed E-state index contributed by atoms with van der Waals surface area (Å²) in [6.45, 7) is 4.35. The van der Waals surface area contributed by atoms with Crippen molar-refractivity contribution in [3.05, 3.63) is 163 Å². The van der Waals surface area contributed by atoms with Gasteiger partial charge in [-0.25, -0.2) is 4.98 Å². The number of nitrogens with zero attached hydrogens (tertiary/aromatic N) is 1. The molecule has 0 aliphatic carbocycles. The fourth-order valence-electron chi connectivity index (χ4n) is 5.95. The van der Waals surface area contributed by atoms with Gasteiger partial charge in [-0.3, -0.25) is 0 Å². The molecule has 7 aromatic rings. The molecule has 6 aromatic carbocycles. The molecule has 1 aromatic heterocycles. The Hall–Kier alpha value is -5.27. The smallest absolute Gasteiger partial charge is 0.0715 e. The number of hydrogen-bond acceptors (Lipinski definition) is 1. The minimum Gasteiger partial charge on any atom is -0.248 e. The Balaban J connectivity index is 1.50. The molecule has 0 amide bonds. The molecule has 0 aliphatic heterocycles. The Bertz CT molecular complexity index is 1960. The van der Waals surface area contributed by atoms with Crippen molar-refractivity contribution < 1.29 is 0 Å². The van der Waals surface area contributed by atoms with E-state index < -0.39 is 0 Å². The first-order valence-corrected chi connectivity index (χ1v) is 14.5. The van der Waals surface area contributed by atoms with Crippen LogP contribution in [0.2, 0.25) is 0 Å². The van der Waals surface area contributed by atoms with Crippen LogP contribution in [-0.2, 0) is 0 Å². The maximum atomic E-state index is 5.12. The van der Waals surface area contributed by atoms with E-state index in [-0.39, 0.29) is 0 Å². The normalized spacial score (nSPS) is 11.1. The molecule has 1 heterocycles. The van der Waals surface area contributed by atoms with Crippen molar-refractivity contribution in [2.45, 2.75) is 13.8 Å². The number of aromatic nitrogens is 1. The van der Waals surface area contributed by atoms with Crippen LogP contribution in [0.3, 0.4) is 0 Å². The van der Waals surface area contributed by atoms with Gasteiger partial charge in [-0.15, -0.1) is 0 Å². The predicted molar refractivity (Wildman–Crippen MR) is 178 cm³/mol. The van der Waals surface area contributed by atoms with Gasteiger partial charge >= 0.3 is 0 Å². The summed E-state index contributed by atoms with van der Waals surface area (Å²) in [4.78, 5) is 5.12. The number of fused-ring (bicyclic) bond motifs is 1. The molecular formula is C41H31N. The lowest BCUT2D eigenvalue weighted by atomic mass is 9.90. The average Bonchev–Trinajstić information content (AvgIpc) is 3.04. The first-order chi connectivity index (χ1) is 20.6. The number of rotatable bonds is 5. The second-order valence-electron chi connectivity index (χ2n) is 11.1. The van der Waals surface area contributed by atoms with Gasteiger partial charge in [0, 0.05) is 11.1 Å². The van der Waals surface area contributed by atoms with Crippen molar-refractivity contribution in [2.24, 2.45) is 0 Å². The van der Waals surface area contributed by atoms with Crippen molar-refractivity contribution >= 4 is 10.8 Å². The summed E-state index contributed by atoms with van der Waals surface area (Å²) in [7, 11) is 0. The Morgan fingerprint density at radius 1 is 0.357 bits per heavy atom. The van der Waals surface area contributed by atoms with E-state index in [1.54, 1.807) is 0 Å². The Labute approximate surface area is 247 Å². The van der Waals surface area contributed by atoms with Crippen LogP contribution in [0.1, 0.15) is 11.1 Å². The summed E-state index contributed by atoms with van der Waals surface area (Å²) in [5.41, 5.74) is 13.9. The van der Waals surface area contributed by atoms with Gasteiger partial charge in [-0.1, -0.05) is 132 Å². The van der Waals surface area contributed by atoms with E-state index in [0.717, 1.165) is 28.1 Å².